The Morgan fingerprint density at radius 1 is 1.08 bits per heavy atom. The number of allylic oxidation sites excluding steroid dienone is 3. The molecule has 24 heavy (non-hydrogen) atoms. The normalized spacial score (nSPS) is 43.4. The quantitative estimate of drug-likeness (QED) is 0.486. The number of rotatable bonds is 2. The first-order valence-electron chi connectivity index (χ1n) is 9.27. The van der Waals surface area contributed by atoms with Crippen molar-refractivity contribution in [3.05, 3.63) is 24.3 Å². The first-order chi connectivity index (χ1) is 10.6. The van der Waals surface area contributed by atoms with E-state index in [-0.39, 0.29) is 38.6 Å². The molecule has 0 heterocycles. The minimum atomic E-state index is -1.86. The summed E-state index contributed by atoms with van der Waals surface area (Å²) in [6.07, 6.45) is 9.86. The molecule has 3 aliphatic carbocycles. The highest BCUT2D eigenvalue weighted by Crippen LogP contribution is 2.76. The van der Waals surface area contributed by atoms with Gasteiger partial charge in [-0.25, -0.2) is 0 Å². The van der Waals surface area contributed by atoms with E-state index in [1.54, 1.807) is 0 Å². The maximum Gasteiger partial charge on any atom is 0.192 e. The molecule has 3 heteroatoms. The molecule has 0 aromatic heterocycles. The molecule has 0 aliphatic heterocycles. The van der Waals surface area contributed by atoms with E-state index in [0.29, 0.717) is 0 Å². The van der Waals surface area contributed by atoms with Crippen LogP contribution in [-0.2, 0) is 9.22 Å². The Kier molecular flexibility index (Phi) is 3.42. The number of ketones is 1. The molecule has 0 saturated heterocycles. The molecular weight excluding hydrogens is 312 g/mol. The molecule has 3 rings (SSSR count). The third-order valence-corrected chi connectivity index (χ3v) is 13.0. The van der Waals surface area contributed by atoms with Crippen molar-refractivity contribution in [1.29, 1.82) is 0 Å². The lowest BCUT2D eigenvalue weighted by atomic mass is 9.49. The van der Waals surface area contributed by atoms with Gasteiger partial charge in [-0.3, -0.25) is 4.79 Å². The van der Waals surface area contributed by atoms with Gasteiger partial charge in [0, 0.05) is 21.7 Å². The van der Waals surface area contributed by atoms with Crippen molar-refractivity contribution in [3.63, 3.8) is 0 Å². The van der Waals surface area contributed by atoms with Gasteiger partial charge >= 0.3 is 0 Å². The van der Waals surface area contributed by atoms with Crippen LogP contribution in [0.25, 0.3) is 0 Å². The minimum absolute atomic E-state index is 0.0447. The van der Waals surface area contributed by atoms with Crippen LogP contribution in [0.4, 0.5) is 0 Å². The Morgan fingerprint density at radius 3 is 2.21 bits per heavy atom. The van der Waals surface area contributed by atoms with Crippen LogP contribution < -0.4 is 0 Å². The smallest absolute Gasteiger partial charge is 0.192 e. The van der Waals surface area contributed by atoms with E-state index < -0.39 is 8.32 Å². The number of hydrogen-bond acceptors (Lipinski definition) is 2. The Morgan fingerprint density at radius 2 is 1.67 bits per heavy atom. The zero-order valence-corrected chi connectivity index (χ0v) is 17.9. The van der Waals surface area contributed by atoms with Crippen molar-refractivity contribution in [2.45, 2.75) is 79.1 Å². The number of carbonyl (C=O) groups excluding carboxylic acids is 1. The van der Waals surface area contributed by atoms with Gasteiger partial charge in [-0.15, -0.1) is 0 Å². The van der Waals surface area contributed by atoms with Crippen LogP contribution in [0.2, 0.25) is 18.1 Å². The SMILES string of the molecule is CC1(C)C(=O)C=C[C@]2(C)[C@@]3(C)C=C[C@@]12CC3O[Si](C)(C)C(C)(C)C. The van der Waals surface area contributed by atoms with Gasteiger partial charge in [-0.05, 0) is 30.6 Å². The molecule has 0 aromatic rings. The maximum absolute atomic E-state index is 12.7. The second-order valence-corrected chi connectivity index (χ2v) is 15.4. The summed E-state index contributed by atoms with van der Waals surface area (Å²) >= 11 is 0. The van der Waals surface area contributed by atoms with Gasteiger partial charge in [-0.2, -0.15) is 0 Å². The topological polar surface area (TPSA) is 26.3 Å². The summed E-state index contributed by atoms with van der Waals surface area (Å²) in [5, 5.41) is 0.194. The molecule has 0 radical (unpaired) electrons. The molecule has 2 bridgehead atoms. The molecule has 1 fully saturated rings. The van der Waals surface area contributed by atoms with E-state index in [4.69, 9.17) is 4.43 Å². The van der Waals surface area contributed by atoms with Gasteiger partial charge in [0.05, 0.1) is 6.10 Å². The minimum Gasteiger partial charge on any atom is -0.413 e. The molecule has 0 spiro atoms. The lowest BCUT2D eigenvalue weighted by molar-refractivity contribution is -0.132. The van der Waals surface area contributed by atoms with E-state index in [1.807, 2.05) is 6.08 Å². The molecule has 2 nitrogen and oxygen atoms in total. The van der Waals surface area contributed by atoms with E-state index in [1.165, 1.54) is 0 Å². The van der Waals surface area contributed by atoms with Gasteiger partial charge in [0.25, 0.3) is 0 Å². The van der Waals surface area contributed by atoms with E-state index in [0.717, 1.165) is 6.42 Å². The largest absolute Gasteiger partial charge is 0.413 e. The average Bonchev–Trinajstić information content (AvgIpc) is 2.76. The predicted octanol–water partition coefficient (Wildman–Crippen LogP) is 5.51. The lowest BCUT2D eigenvalue weighted by Crippen LogP contribution is -2.52. The second-order valence-electron chi connectivity index (χ2n) is 10.7. The predicted molar refractivity (Wildman–Crippen MR) is 102 cm³/mol. The van der Waals surface area contributed by atoms with E-state index in [2.05, 4.69) is 79.8 Å². The van der Waals surface area contributed by atoms with Crippen LogP contribution in [0, 0.1) is 21.7 Å². The van der Waals surface area contributed by atoms with Crippen molar-refractivity contribution in [2.75, 3.05) is 0 Å². The van der Waals surface area contributed by atoms with Crippen molar-refractivity contribution >= 4 is 14.1 Å². The molecule has 3 aliphatic rings. The van der Waals surface area contributed by atoms with Crippen molar-refractivity contribution in [3.8, 4) is 0 Å². The van der Waals surface area contributed by atoms with E-state index >= 15 is 0 Å². The fraction of sp³-hybridized carbons (Fsp3) is 0.762. The van der Waals surface area contributed by atoms with Crippen molar-refractivity contribution in [1.82, 2.24) is 0 Å². The lowest BCUT2D eigenvalue weighted by Gasteiger charge is -2.52. The maximum atomic E-state index is 12.7. The fourth-order valence-electron chi connectivity index (χ4n) is 5.18. The van der Waals surface area contributed by atoms with Crippen LogP contribution in [0.15, 0.2) is 24.3 Å². The number of hydrogen-bond donors (Lipinski definition) is 0. The first kappa shape index (κ1) is 18.1. The van der Waals surface area contributed by atoms with Crippen LogP contribution in [-0.4, -0.2) is 20.2 Å². The number of carbonyl (C=O) groups is 1. The van der Waals surface area contributed by atoms with E-state index in [9.17, 15) is 4.79 Å². The Hall–Kier alpha value is -0.673. The molecule has 4 atom stereocenters. The molecule has 0 N–H and O–H groups in total. The van der Waals surface area contributed by atoms with Gasteiger partial charge in [-0.1, -0.05) is 66.7 Å². The van der Waals surface area contributed by atoms with Gasteiger partial charge < -0.3 is 4.43 Å². The summed E-state index contributed by atoms with van der Waals surface area (Å²) in [5.74, 6) is 0.252. The van der Waals surface area contributed by atoms with Crippen molar-refractivity contribution in [2.24, 2.45) is 21.7 Å². The van der Waals surface area contributed by atoms with Crippen LogP contribution >= 0.6 is 0 Å². The summed E-state index contributed by atoms with van der Waals surface area (Å²) in [6, 6.07) is 0. The molecule has 0 amide bonds. The average molecular weight is 347 g/mol. The van der Waals surface area contributed by atoms with Crippen LogP contribution in [0.5, 0.6) is 0 Å². The third-order valence-electron chi connectivity index (χ3n) is 8.48. The summed E-state index contributed by atoms with van der Waals surface area (Å²) in [4.78, 5) is 12.7. The highest BCUT2D eigenvalue weighted by molar-refractivity contribution is 6.74. The van der Waals surface area contributed by atoms with Gasteiger partial charge in [0.2, 0.25) is 0 Å². The van der Waals surface area contributed by atoms with Gasteiger partial charge in [0.15, 0.2) is 14.1 Å². The van der Waals surface area contributed by atoms with Crippen molar-refractivity contribution < 1.29 is 9.22 Å². The highest BCUT2D eigenvalue weighted by Gasteiger charge is 2.75. The second kappa shape index (κ2) is 4.53. The molecule has 1 saturated carbocycles. The zero-order chi connectivity index (χ0) is 18.4. The Labute approximate surface area is 148 Å². The summed E-state index contributed by atoms with van der Waals surface area (Å²) in [5.41, 5.74) is -0.606. The molecular formula is C21H34O2Si. The summed E-state index contributed by atoms with van der Waals surface area (Å²) in [6.45, 7) is 20.5. The van der Waals surface area contributed by atoms with Crippen LogP contribution in [0.1, 0.15) is 54.9 Å². The monoisotopic (exact) mass is 346 g/mol. The molecule has 1 unspecified atom stereocenters. The van der Waals surface area contributed by atoms with Crippen LogP contribution in [0.3, 0.4) is 0 Å². The van der Waals surface area contributed by atoms with Gasteiger partial charge in [0.1, 0.15) is 0 Å². The Bertz CT molecular complexity index is 651. The Balaban J connectivity index is 2.08. The fourth-order valence-corrected chi connectivity index (χ4v) is 6.57. The highest BCUT2D eigenvalue weighted by atomic mass is 28.4. The summed E-state index contributed by atoms with van der Waals surface area (Å²) in [7, 11) is -1.86. The first-order valence-corrected chi connectivity index (χ1v) is 12.2. The standard InChI is InChI=1S/C21H34O2Si/c1-17(2,3)24(8,9)23-16-14-21-13-12-19(16,6)20(21,7)11-10-15(22)18(21,4)5/h10-13,16H,14H2,1-9H3/t16?,19-,20+,21+/m0/s1. The third kappa shape index (κ3) is 1.78. The molecule has 134 valence electrons. The zero-order valence-electron chi connectivity index (χ0n) is 16.9. The molecule has 0 aromatic carbocycles. The summed E-state index contributed by atoms with van der Waals surface area (Å²) < 4.78 is 6.92.